The Balaban J connectivity index is 1.65. The maximum Gasteiger partial charge on any atom is 0.324 e. The molecule has 1 aliphatic rings. The predicted octanol–water partition coefficient (Wildman–Crippen LogP) is 2.78. The molecule has 3 rings (SSSR count). The zero-order valence-electron chi connectivity index (χ0n) is 16.7. The quantitative estimate of drug-likeness (QED) is 0.706. The molecule has 1 N–H and O–H groups in total. The van der Waals surface area contributed by atoms with E-state index in [0.717, 1.165) is 27.6 Å². The number of sulfonamides is 1. The van der Waals surface area contributed by atoms with E-state index in [-0.39, 0.29) is 13.0 Å². The van der Waals surface area contributed by atoms with Crippen LogP contribution in [0.25, 0.3) is 0 Å². The molecule has 1 aliphatic heterocycles. The van der Waals surface area contributed by atoms with Gasteiger partial charge in [-0.15, -0.1) is 0 Å². The van der Waals surface area contributed by atoms with Gasteiger partial charge in [0.1, 0.15) is 16.8 Å². The first-order valence-electron chi connectivity index (χ1n) is 9.50. The van der Waals surface area contributed by atoms with Gasteiger partial charge in [-0.05, 0) is 56.0 Å². The van der Waals surface area contributed by atoms with Crippen LogP contribution in [0.5, 0.6) is 0 Å². The van der Waals surface area contributed by atoms with Crippen molar-refractivity contribution in [2.75, 3.05) is 18.5 Å². The van der Waals surface area contributed by atoms with Gasteiger partial charge in [-0.1, -0.05) is 24.3 Å². The molecule has 2 aromatic rings. The Labute approximate surface area is 174 Å². The molecule has 7 nitrogen and oxygen atoms in total. The number of rotatable bonds is 6. The number of benzene rings is 2. The highest BCUT2D eigenvalue weighted by Gasteiger charge is 2.41. The fourth-order valence-corrected chi connectivity index (χ4v) is 5.05. The Morgan fingerprint density at radius 1 is 1.20 bits per heavy atom. The molecule has 1 heterocycles. The molecule has 0 radical (unpaired) electrons. The van der Waals surface area contributed by atoms with Gasteiger partial charge in [-0.25, -0.2) is 12.8 Å². The summed E-state index contributed by atoms with van der Waals surface area (Å²) in [7, 11) is -4.20. The lowest BCUT2D eigenvalue weighted by Gasteiger charge is -2.23. The Bertz CT molecular complexity index is 1070. The van der Waals surface area contributed by atoms with Gasteiger partial charge >= 0.3 is 5.97 Å². The highest BCUT2D eigenvalue weighted by Crippen LogP contribution is 2.28. The van der Waals surface area contributed by atoms with Crippen LogP contribution in [0.1, 0.15) is 24.0 Å². The van der Waals surface area contributed by atoms with Crippen LogP contribution in [0.3, 0.4) is 0 Å². The molecule has 0 bridgehead atoms. The van der Waals surface area contributed by atoms with Crippen LogP contribution >= 0.6 is 0 Å². The molecule has 160 valence electrons. The number of esters is 1. The average molecular weight is 434 g/mol. The minimum atomic E-state index is -4.20. The summed E-state index contributed by atoms with van der Waals surface area (Å²) in [5.41, 5.74) is 2.44. The minimum Gasteiger partial charge on any atom is -0.454 e. The maximum atomic E-state index is 14.0. The van der Waals surface area contributed by atoms with E-state index in [1.807, 2.05) is 26.0 Å². The number of carbonyl (C=O) groups is 2. The molecule has 0 spiro atoms. The van der Waals surface area contributed by atoms with E-state index >= 15 is 0 Å². The molecule has 1 atom stereocenters. The van der Waals surface area contributed by atoms with E-state index in [4.69, 9.17) is 4.74 Å². The first-order valence-corrected chi connectivity index (χ1v) is 10.9. The van der Waals surface area contributed by atoms with Crippen LogP contribution in [0, 0.1) is 19.7 Å². The van der Waals surface area contributed by atoms with Crippen LogP contribution in [0.2, 0.25) is 0 Å². The van der Waals surface area contributed by atoms with E-state index < -0.39 is 45.3 Å². The standard InChI is InChI=1S/C21H23FN2O5S/c1-14-9-10-15(2)17(12-14)23-20(25)13-29-21(26)18-7-5-11-24(18)30(27,28)19-8-4-3-6-16(19)22/h3-4,6,8-10,12,18H,5,7,11,13H2,1-2H3,(H,23,25)/t18-/m0/s1. The van der Waals surface area contributed by atoms with Crippen molar-refractivity contribution >= 4 is 27.6 Å². The molecule has 0 saturated carbocycles. The molecule has 0 aliphatic carbocycles. The first kappa shape index (κ1) is 21.9. The molecule has 1 amide bonds. The summed E-state index contributed by atoms with van der Waals surface area (Å²) < 4.78 is 45.7. The van der Waals surface area contributed by atoms with Crippen molar-refractivity contribution in [3.05, 3.63) is 59.4 Å². The molecule has 1 fully saturated rings. The summed E-state index contributed by atoms with van der Waals surface area (Å²) in [4.78, 5) is 24.2. The number of nitrogens with zero attached hydrogens (tertiary/aromatic N) is 1. The van der Waals surface area contributed by atoms with Gasteiger partial charge in [0.15, 0.2) is 6.61 Å². The van der Waals surface area contributed by atoms with E-state index in [1.54, 1.807) is 6.07 Å². The van der Waals surface area contributed by atoms with Crippen molar-refractivity contribution in [1.29, 1.82) is 0 Å². The van der Waals surface area contributed by atoms with Crippen LogP contribution in [-0.2, 0) is 24.3 Å². The van der Waals surface area contributed by atoms with Crippen molar-refractivity contribution in [2.45, 2.75) is 37.6 Å². The lowest BCUT2D eigenvalue weighted by atomic mass is 10.1. The van der Waals surface area contributed by atoms with Crippen molar-refractivity contribution in [3.63, 3.8) is 0 Å². The Morgan fingerprint density at radius 3 is 2.67 bits per heavy atom. The summed E-state index contributed by atoms with van der Waals surface area (Å²) in [6.07, 6.45) is 0.674. The molecule has 1 saturated heterocycles. The second kappa shape index (κ2) is 8.93. The van der Waals surface area contributed by atoms with Gasteiger partial charge in [-0.2, -0.15) is 4.31 Å². The zero-order valence-corrected chi connectivity index (χ0v) is 17.5. The summed E-state index contributed by atoms with van der Waals surface area (Å²) in [6.45, 7) is 3.26. The van der Waals surface area contributed by atoms with Gasteiger partial charge in [0.25, 0.3) is 5.91 Å². The van der Waals surface area contributed by atoms with Crippen molar-refractivity contribution in [3.8, 4) is 0 Å². The van der Waals surface area contributed by atoms with Gasteiger partial charge in [0.05, 0.1) is 0 Å². The zero-order chi connectivity index (χ0) is 21.9. The van der Waals surface area contributed by atoms with Crippen LogP contribution in [-0.4, -0.2) is 43.8 Å². The first-order chi connectivity index (χ1) is 14.2. The summed E-state index contributed by atoms with van der Waals surface area (Å²) in [5, 5.41) is 2.67. The molecule has 0 aromatic heterocycles. The molecule has 2 aromatic carbocycles. The van der Waals surface area contributed by atoms with Crippen molar-refractivity contribution in [1.82, 2.24) is 4.31 Å². The van der Waals surface area contributed by atoms with Crippen molar-refractivity contribution < 1.29 is 27.1 Å². The second-order valence-electron chi connectivity index (χ2n) is 7.18. The number of amides is 1. The lowest BCUT2D eigenvalue weighted by molar-refractivity contribution is -0.150. The van der Waals surface area contributed by atoms with Crippen LogP contribution in [0.15, 0.2) is 47.4 Å². The van der Waals surface area contributed by atoms with Gasteiger partial charge in [-0.3, -0.25) is 9.59 Å². The normalized spacial score (nSPS) is 17.0. The van der Waals surface area contributed by atoms with Crippen LogP contribution in [0.4, 0.5) is 10.1 Å². The van der Waals surface area contributed by atoms with E-state index in [1.165, 1.54) is 12.1 Å². The summed E-state index contributed by atoms with van der Waals surface area (Å²) >= 11 is 0. The fourth-order valence-electron chi connectivity index (χ4n) is 3.33. The minimum absolute atomic E-state index is 0.0745. The number of carbonyl (C=O) groups excluding carboxylic acids is 2. The fraction of sp³-hybridized carbons (Fsp3) is 0.333. The highest BCUT2D eigenvalue weighted by molar-refractivity contribution is 7.89. The molecule has 30 heavy (non-hydrogen) atoms. The SMILES string of the molecule is Cc1ccc(C)c(NC(=O)COC(=O)[C@@H]2CCCN2S(=O)(=O)c2ccccc2F)c1. The van der Waals surface area contributed by atoms with Gasteiger partial charge < -0.3 is 10.1 Å². The van der Waals surface area contributed by atoms with Gasteiger partial charge in [0, 0.05) is 12.2 Å². The smallest absolute Gasteiger partial charge is 0.324 e. The monoisotopic (exact) mass is 434 g/mol. The van der Waals surface area contributed by atoms with Crippen molar-refractivity contribution in [2.24, 2.45) is 0 Å². The predicted molar refractivity (Wildman–Crippen MR) is 109 cm³/mol. The molecule has 0 unspecified atom stereocenters. The Kier molecular flexibility index (Phi) is 6.52. The topological polar surface area (TPSA) is 92.8 Å². The van der Waals surface area contributed by atoms with Crippen LogP contribution < -0.4 is 5.32 Å². The maximum absolute atomic E-state index is 14.0. The van der Waals surface area contributed by atoms with Gasteiger partial charge in [0.2, 0.25) is 10.0 Å². The molecule has 9 heteroatoms. The number of aryl methyl sites for hydroxylation is 2. The number of anilines is 1. The largest absolute Gasteiger partial charge is 0.454 e. The third kappa shape index (κ3) is 4.68. The van der Waals surface area contributed by atoms with E-state index in [2.05, 4.69) is 5.32 Å². The van der Waals surface area contributed by atoms with E-state index in [9.17, 15) is 22.4 Å². The summed E-state index contributed by atoms with van der Waals surface area (Å²) in [6, 6.07) is 9.49. The number of nitrogens with one attached hydrogen (secondary N) is 1. The number of ether oxygens (including phenoxy) is 1. The third-order valence-corrected chi connectivity index (χ3v) is 6.85. The molecular weight excluding hydrogens is 411 g/mol. The molecular formula is C21H23FN2O5S. The second-order valence-corrected chi connectivity index (χ2v) is 9.04. The number of halogens is 1. The Morgan fingerprint density at radius 2 is 1.93 bits per heavy atom. The average Bonchev–Trinajstić information content (AvgIpc) is 3.20. The number of hydrogen-bond donors (Lipinski definition) is 1. The Hall–Kier alpha value is -2.78. The number of hydrogen-bond acceptors (Lipinski definition) is 5. The summed E-state index contributed by atoms with van der Waals surface area (Å²) in [5.74, 6) is -2.24. The van der Waals surface area contributed by atoms with E-state index in [0.29, 0.717) is 12.1 Å². The third-order valence-electron chi connectivity index (χ3n) is 4.91. The lowest BCUT2D eigenvalue weighted by Crippen LogP contribution is -2.42. The highest BCUT2D eigenvalue weighted by atomic mass is 32.2.